The van der Waals surface area contributed by atoms with Crippen molar-refractivity contribution in [2.24, 2.45) is 0 Å². The molecule has 1 N–H and O–H groups in total. The van der Waals surface area contributed by atoms with Crippen LogP contribution in [0, 0.1) is 6.92 Å². The minimum absolute atomic E-state index is 0.0923. The molecular formula is C15H25NO2. The monoisotopic (exact) mass is 251 g/mol. The molecule has 0 spiro atoms. The second-order valence-electron chi connectivity index (χ2n) is 5.32. The van der Waals surface area contributed by atoms with Gasteiger partial charge in [-0.1, -0.05) is 13.8 Å². The van der Waals surface area contributed by atoms with Crippen molar-refractivity contribution < 1.29 is 9.15 Å². The van der Waals surface area contributed by atoms with Gasteiger partial charge in [0.1, 0.15) is 11.5 Å². The summed E-state index contributed by atoms with van der Waals surface area (Å²) in [5, 5.41) is 3.60. The molecule has 0 radical (unpaired) electrons. The molecule has 0 saturated carbocycles. The highest BCUT2D eigenvalue weighted by atomic mass is 16.5. The standard InChI is InChI=1S/C15H25NO2/c1-4-15(5-2)10-13(8-9-17-15)16-11-14-7-6-12(3)18-14/h6-7,13,16H,4-5,8-11H2,1-3H3. The molecule has 2 heterocycles. The third-order valence-corrected chi connectivity index (χ3v) is 4.14. The maximum absolute atomic E-state index is 5.99. The Balaban J connectivity index is 1.86. The number of furan rings is 1. The van der Waals surface area contributed by atoms with Crippen molar-refractivity contribution in [1.29, 1.82) is 0 Å². The first-order chi connectivity index (χ1) is 8.67. The third kappa shape index (κ3) is 3.15. The Bertz CT molecular complexity index is 368. The molecule has 102 valence electrons. The van der Waals surface area contributed by atoms with E-state index >= 15 is 0 Å². The lowest BCUT2D eigenvalue weighted by atomic mass is 9.86. The van der Waals surface area contributed by atoms with Crippen LogP contribution in [0.5, 0.6) is 0 Å². The molecule has 0 bridgehead atoms. The van der Waals surface area contributed by atoms with Crippen LogP contribution in [0.3, 0.4) is 0 Å². The van der Waals surface area contributed by atoms with Gasteiger partial charge in [0.05, 0.1) is 12.1 Å². The van der Waals surface area contributed by atoms with Crippen LogP contribution in [0.25, 0.3) is 0 Å². The SMILES string of the molecule is CCC1(CC)CC(NCc2ccc(C)o2)CCO1. The van der Waals surface area contributed by atoms with E-state index < -0.39 is 0 Å². The Kier molecular flexibility index (Phi) is 4.46. The Morgan fingerprint density at radius 2 is 2.11 bits per heavy atom. The summed E-state index contributed by atoms with van der Waals surface area (Å²) in [5.41, 5.74) is 0.0923. The first-order valence-corrected chi connectivity index (χ1v) is 7.10. The van der Waals surface area contributed by atoms with Gasteiger partial charge in [0.2, 0.25) is 0 Å². The fourth-order valence-corrected chi connectivity index (χ4v) is 2.77. The molecule has 0 aromatic carbocycles. The van der Waals surface area contributed by atoms with Crippen molar-refractivity contribution in [2.75, 3.05) is 6.61 Å². The molecule has 0 amide bonds. The van der Waals surface area contributed by atoms with Gasteiger partial charge in [-0.05, 0) is 44.7 Å². The maximum Gasteiger partial charge on any atom is 0.117 e. The fraction of sp³-hybridized carbons (Fsp3) is 0.733. The van der Waals surface area contributed by atoms with E-state index in [2.05, 4.69) is 25.2 Å². The van der Waals surface area contributed by atoms with Crippen LogP contribution in [0.4, 0.5) is 0 Å². The van der Waals surface area contributed by atoms with Crippen LogP contribution in [-0.2, 0) is 11.3 Å². The molecule has 3 heteroatoms. The van der Waals surface area contributed by atoms with Crippen LogP contribution in [0.2, 0.25) is 0 Å². The van der Waals surface area contributed by atoms with E-state index in [-0.39, 0.29) is 5.60 Å². The lowest BCUT2D eigenvalue weighted by Gasteiger charge is -2.40. The average molecular weight is 251 g/mol. The highest BCUT2D eigenvalue weighted by molar-refractivity contribution is 5.05. The zero-order valence-corrected chi connectivity index (χ0v) is 11.8. The minimum Gasteiger partial charge on any atom is -0.465 e. The van der Waals surface area contributed by atoms with Crippen LogP contribution in [0.15, 0.2) is 16.5 Å². The van der Waals surface area contributed by atoms with Gasteiger partial charge in [-0.3, -0.25) is 0 Å². The van der Waals surface area contributed by atoms with E-state index in [9.17, 15) is 0 Å². The van der Waals surface area contributed by atoms with Gasteiger partial charge in [0.25, 0.3) is 0 Å². The molecule has 1 saturated heterocycles. The molecule has 2 rings (SSSR count). The predicted molar refractivity (Wildman–Crippen MR) is 72.6 cm³/mol. The summed E-state index contributed by atoms with van der Waals surface area (Å²) < 4.78 is 11.6. The van der Waals surface area contributed by atoms with Crippen molar-refractivity contribution in [2.45, 2.75) is 64.6 Å². The third-order valence-electron chi connectivity index (χ3n) is 4.14. The van der Waals surface area contributed by atoms with Crippen LogP contribution >= 0.6 is 0 Å². The minimum atomic E-state index is 0.0923. The average Bonchev–Trinajstić information content (AvgIpc) is 2.82. The normalized spacial score (nSPS) is 23.2. The van der Waals surface area contributed by atoms with Crippen molar-refractivity contribution >= 4 is 0 Å². The summed E-state index contributed by atoms with van der Waals surface area (Å²) in [6.07, 6.45) is 4.41. The molecule has 1 atom stereocenters. The van der Waals surface area contributed by atoms with E-state index in [1.807, 2.05) is 13.0 Å². The topological polar surface area (TPSA) is 34.4 Å². The second kappa shape index (κ2) is 5.89. The number of hydrogen-bond acceptors (Lipinski definition) is 3. The molecule has 18 heavy (non-hydrogen) atoms. The van der Waals surface area contributed by atoms with Gasteiger partial charge >= 0.3 is 0 Å². The summed E-state index contributed by atoms with van der Waals surface area (Å²) >= 11 is 0. The molecule has 0 aliphatic carbocycles. The van der Waals surface area contributed by atoms with Gasteiger partial charge < -0.3 is 14.5 Å². The molecule has 1 aliphatic rings. The van der Waals surface area contributed by atoms with E-state index in [0.717, 1.165) is 50.4 Å². The van der Waals surface area contributed by atoms with Crippen molar-refractivity contribution in [3.63, 3.8) is 0 Å². The molecule has 1 aromatic heterocycles. The van der Waals surface area contributed by atoms with Gasteiger partial charge in [0.15, 0.2) is 0 Å². The van der Waals surface area contributed by atoms with Crippen LogP contribution in [0.1, 0.15) is 51.1 Å². The first-order valence-electron chi connectivity index (χ1n) is 7.10. The quantitative estimate of drug-likeness (QED) is 0.870. The molecule has 1 fully saturated rings. The largest absolute Gasteiger partial charge is 0.465 e. The van der Waals surface area contributed by atoms with Crippen molar-refractivity contribution in [3.8, 4) is 0 Å². The lowest BCUT2D eigenvalue weighted by Crippen LogP contribution is -2.46. The Morgan fingerprint density at radius 3 is 2.72 bits per heavy atom. The smallest absolute Gasteiger partial charge is 0.117 e. The summed E-state index contributed by atoms with van der Waals surface area (Å²) in [5.74, 6) is 2.01. The van der Waals surface area contributed by atoms with Crippen LogP contribution in [-0.4, -0.2) is 18.2 Å². The Morgan fingerprint density at radius 1 is 1.33 bits per heavy atom. The summed E-state index contributed by atoms with van der Waals surface area (Å²) in [6.45, 7) is 8.12. The summed E-state index contributed by atoms with van der Waals surface area (Å²) in [6, 6.07) is 4.61. The molecule has 1 aromatic rings. The van der Waals surface area contributed by atoms with Gasteiger partial charge in [0, 0.05) is 12.6 Å². The number of nitrogens with one attached hydrogen (secondary N) is 1. The predicted octanol–water partition coefficient (Wildman–Crippen LogP) is 3.42. The number of aryl methyl sites for hydroxylation is 1. The number of ether oxygens (including phenoxy) is 1. The van der Waals surface area contributed by atoms with E-state index in [0.29, 0.717) is 6.04 Å². The molecular weight excluding hydrogens is 226 g/mol. The van der Waals surface area contributed by atoms with E-state index in [1.165, 1.54) is 0 Å². The van der Waals surface area contributed by atoms with Crippen molar-refractivity contribution in [3.05, 3.63) is 23.7 Å². The summed E-state index contributed by atoms with van der Waals surface area (Å²) in [4.78, 5) is 0. The summed E-state index contributed by atoms with van der Waals surface area (Å²) in [7, 11) is 0. The Hall–Kier alpha value is -0.800. The number of rotatable bonds is 5. The Labute approximate surface area is 110 Å². The van der Waals surface area contributed by atoms with Crippen molar-refractivity contribution in [1.82, 2.24) is 5.32 Å². The highest BCUT2D eigenvalue weighted by Gasteiger charge is 2.34. The first kappa shape index (κ1) is 13.6. The maximum atomic E-state index is 5.99. The zero-order valence-electron chi connectivity index (χ0n) is 11.8. The zero-order chi connectivity index (χ0) is 13.0. The van der Waals surface area contributed by atoms with E-state index in [1.54, 1.807) is 0 Å². The van der Waals surface area contributed by atoms with E-state index in [4.69, 9.17) is 9.15 Å². The molecule has 1 aliphatic heterocycles. The number of hydrogen-bond donors (Lipinski definition) is 1. The highest BCUT2D eigenvalue weighted by Crippen LogP contribution is 2.31. The van der Waals surface area contributed by atoms with Gasteiger partial charge in [-0.2, -0.15) is 0 Å². The lowest BCUT2D eigenvalue weighted by molar-refractivity contribution is -0.0933. The van der Waals surface area contributed by atoms with Gasteiger partial charge in [-0.15, -0.1) is 0 Å². The second-order valence-corrected chi connectivity index (χ2v) is 5.32. The fourth-order valence-electron chi connectivity index (χ4n) is 2.77. The molecule has 1 unspecified atom stereocenters. The van der Waals surface area contributed by atoms with Crippen LogP contribution < -0.4 is 5.32 Å². The van der Waals surface area contributed by atoms with Gasteiger partial charge in [-0.25, -0.2) is 0 Å². The molecule has 3 nitrogen and oxygen atoms in total.